The summed E-state index contributed by atoms with van der Waals surface area (Å²) in [6.07, 6.45) is -4.21. The highest BCUT2D eigenvalue weighted by atomic mass is 32.2. The van der Waals surface area contributed by atoms with Gasteiger partial charge in [-0.2, -0.15) is 22.6 Å². The Kier molecular flexibility index (Phi) is 7.77. The van der Waals surface area contributed by atoms with E-state index in [1.807, 2.05) is 6.92 Å². The number of hydrogen-bond donors (Lipinski definition) is 1. The van der Waals surface area contributed by atoms with Crippen LogP contribution in [-0.2, 0) is 26.6 Å². The van der Waals surface area contributed by atoms with Gasteiger partial charge in [0, 0.05) is 45.8 Å². The van der Waals surface area contributed by atoms with Crippen molar-refractivity contribution in [2.45, 2.75) is 50.4 Å². The number of likely N-dealkylation sites (tertiary alicyclic amines) is 1. The maximum absolute atomic E-state index is 13.4. The van der Waals surface area contributed by atoms with Crippen LogP contribution in [0.1, 0.15) is 24.7 Å². The van der Waals surface area contributed by atoms with Crippen molar-refractivity contribution in [2.75, 3.05) is 33.3 Å². The number of aromatic nitrogens is 2. The van der Waals surface area contributed by atoms with Crippen molar-refractivity contribution in [3.63, 3.8) is 0 Å². The molecule has 1 N–H and O–H groups in total. The van der Waals surface area contributed by atoms with Gasteiger partial charge in [0.05, 0.1) is 17.5 Å². The van der Waals surface area contributed by atoms with Crippen molar-refractivity contribution in [3.05, 3.63) is 11.4 Å². The third kappa shape index (κ3) is 5.21. The van der Waals surface area contributed by atoms with E-state index < -0.39 is 22.2 Å². The predicted octanol–water partition coefficient (Wildman–Crippen LogP) is 1.40. The summed E-state index contributed by atoms with van der Waals surface area (Å²) in [6, 6.07) is -0.0207. The molecule has 9 nitrogen and oxygen atoms in total. The Morgan fingerprint density at radius 2 is 1.87 bits per heavy atom. The first kappa shape index (κ1) is 25.6. The number of halogens is 3. The van der Waals surface area contributed by atoms with Crippen molar-refractivity contribution in [2.24, 2.45) is 13.0 Å². The molecule has 0 unspecified atom stereocenters. The number of methoxy groups -OCH3 is 1. The van der Waals surface area contributed by atoms with Crippen molar-refractivity contribution >= 4 is 16.0 Å². The maximum Gasteiger partial charge on any atom is 0.490 e. The summed E-state index contributed by atoms with van der Waals surface area (Å²) in [6.45, 7) is 8.82. The molecule has 0 spiro atoms. The molecule has 13 heteroatoms. The molecule has 31 heavy (non-hydrogen) atoms. The molecule has 0 amide bonds. The van der Waals surface area contributed by atoms with E-state index in [2.05, 4.69) is 16.9 Å². The van der Waals surface area contributed by atoms with Crippen LogP contribution in [0.4, 0.5) is 13.2 Å². The monoisotopic (exact) mass is 470 g/mol. The van der Waals surface area contributed by atoms with Gasteiger partial charge in [0.1, 0.15) is 4.90 Å². The van der Waals surface area contributed by atoms with Crippen molar-refractivity contribution in [1.82, 2.24) is 19.0 Å². The summed E-state index contributed by atoms with van der Waals surface area (Å²) in [5, 5.41) is 11.4. The second-order valence-corrected chi connectivity index (χ2v) is 9.52. The number of hydrogen-bond acceptors (Lipinski definition) is 6. The van der Waals surface area contributed by atoms with Crippen LogP contribution in [0, 0.1) is 19.8 Å². The van der Waals surface area contributed by atoms with Crippen molar-refractivity contribution in [1.29, 1.82) is 0 Å². The number of ether oxygens (including phenoxy) is 1. The molecule has 0 saturated carbocycles. The summed E-state index contributed by atoms with van der Waals surface area (Å²) in [7, 11) is -0.0328. The van der Waals surface area contributed by atoms with Gasteiger partial charge in [-0.1, -0.05) is 6.92 Å². The highest BCUT2D eigenvalue weighted by Gasteiger charge is 2.49. The van der Waals surface area contributed by atoms with Crippen LogP contribution < -0.4 is 0 Å². The van der Waals surface area contributed by atoms with Gasteiger partial charge in [-0.25, -0.2) is 13.2 Å². The number of rotatable bonds is 4. The first-order valence-electron chi connectivity index (χ1n) is 9.82. The summed E-state index contributed by atoms with van der Waals surface area (Å²) >= 11 is 0. The van der Waals surface area contributed by atoms with Crippen molar-refractivity contribution in [3.8, 4) is 0 Å². The molecule has 0 aromatic carbocycles. The fourth-order valence-electron chi connectivity index (χ4n) is 4.29. The molecule has 178 valence electrons. The molecule has 1 aromatic rings. The zero-order chi connectivity index (χ0) is 23.7. The first-order valence-corrected chi connectivity index (χ1v) is 11.3. The molecule has 0 bridgehead atoms. The molecule has 2 saturated heterocycles. The second-order valence-electron chi connectivity index (χ2n) is 7.69. The van der Waals surface area contributed by atoms with Gasteiger partial charge in [0.15, 0.2) is 0 Å². The number of carboxylic acids is 1. The summed E-state index contributed by atoms with van der Waals surface area (Å²) in [5.74, 6) is -2.52. The zero-order valence-electron chi connectivity index (χ0n) is 18.2. The molecule has 3 atom stereocenters. The van der Waals surface area contributed by atoms with Gasteiger partial charge in [0.25, 0.3) is 0 Å². The number of nitrogens with zero attached hydrogens (tertiary/aromatic N) is 4. The third-order valence-electron chi connectivity index (χ3n) is 5.89. The summed E-state index contributed by atoms with van der Waals surface area (Å²) in [4.78, 5) is 11.6. The number of aliphatic carboxylic acids is 1. The molecular formula is C18H29F3N4O5S. The molecule has 1 aromatic heterocycles. The fourth-order valence-corrected chi connectivity index (χ4v) is 6.37. The topological polar surface area (TPSA) is 105 Å². The average molecular weight is 471 g/mol. The summed E-state index contributed by atoms with van der Waals surface area (Å²) in [5.41, 5.74) is 1.27. The van der Waals surface area contributed by atoms with Crippen molar-refractivity contribution < 1.29 is 36.2 Å². The highest BCUT2D eigenvalue weighted by Crippen LogP contribution is 2.36. The Labute approximate surface area is 179 Å². The Hall–Kier alpha value is -1.70. The smallest absolute Gasteiger partial charge is 0.475 e. The molecule has 3 heterocycles. The minimum Gasteiger partial charge on any atom is -0.475 e. The molecule has 2 fully saturated rings. The number of piperidine rings is 1. The van der Waals surface area contributed by atoms with E-state index in [4.69, 9.17) is 14.6 Å². The van der Waals surface area contributed by atoms with Crippen LogP contribution in [0.25, 0.3) is 0 Å². The first-order chi connectivity index (χ1) is 14.2. The lowest BCUT2D eigenvalue weighted by Crippen LogP contribution is -2.53. The van der Waals surface area contributed by atoms with E-state index in [9.17, 15) is 21.6 Å². The van der Waals surface area contributed by atoms with Crippen LogP contribution >= 0.6 is 0 Å². The zero-order valence-corrected chi connectivity index (χ0v) is 19.0. The Morgan fingerprint density at radius 1 is 1.29 bits per heavy atom. The van der Waals surface area contributed by atoms with E-state index in [0.29, 0.717) is 22.8 Å². The normalized spacial score (nSPS) is 25.1. The average Bonchev–Trinajstić information content (AvgIpc) is 3.21. The number of likely N-dealkylation sites (N-methyl/N-ethyl adjacent to an activating group) is 1. The number of carboxylic acid groups (broad SMARTS) is 1. The number of carbonyl (C=O) groups is 1. The molecule has 2 aliphatic rings. The van der Waals surface area contributed by atoms with Gasteiger partial charge < -0.3 is 14.7 Å². The van der Waals surface area contributed by atoms with E-state index in [0.717, 1.165) is 26.1 Å². The number of alkyl halides is 3. The van der Waals surface area contributed by atoms with Crippen LogP contribution in [-0.4, -0.2) is 90.1 Å². The minimum atomic E-state index is -5.08. The van der Waals surface area contributed by atoms with Gasteiger partial charge in [-0.3, -0.25) is 4.68 Å². The quantitative estimate of drug-likeness (QED) is 0.709. The van der Waals surface area contributed by atoms with Gasteiger partial charge >= 0.3 is 12.1 Å². The maximum atomic E-state index is 13.4. The third-order valence-corrected chi connectivity index (χ3v) is 8.07. The highest BCUT2D eigenvalue weighted by molar-refractivity contribution is 7.89. The summed E-state index contributed by atoms with van der Waals surface area (Å²) < 4.78 is 67.5. The van der Waals surface area contributed by atoms with Gasteiger partial charge in [0.2, 0.25) is 10.0 Å². The van der Waals surface area contributed by atoms with Crippen LogP contribution in [0.2, 0.25) is 0 Å². The van der Waals surface area contributed by atoms with E-state index >= 15 is 0 Å². The lowest BCUT2D eigenvalue weighted by molar-refractivity contribution is -0.192. The van der Waals surface area contributed by atoms with Crippen LogP contribution in [0.15, 0.2) is 4.90 Å². The number of fused-ring (bicyclic) bond motifs is 1. The van der Waals surface area contributed by atoms with Crippen LogP contribution in [0.5, 0.6) is 0 Å². The lowest BCUT2D eigenvalue weighted by atomic mass is 9.91. The van der Waals surface area contributed by atoms with Crippen LogP contribution in [0.3, 0.4) is 0 Å². The Morgan fingerprint density at radius 3 is 2.29 bits per heavy atom. The number of aryl methyl sites for hydroxylation is 2. The standard InChI is InChI=1S/C16H28N4O3S.C2HF3O2/c1-6-19-9-13-14(10-19)20(8-7-15(13)23-5)24(21,22)16-11(2)17-18(4)12(16)3;3-2(4,5)1(6)7/h13-15H,6-10H2,1-5H3;(H,6,7)/t13-,14+,15-;/m0./s1. The lowest BCUT2D eigenvalue weighted by Gasteiger charge is -2.40. The molecule has 2 aliphatic heterocycles. The minimum absolute atomic E-state index is 0.0207. The Balaban J connectivity index is 0.000000423. The molecule has 0 aliphatic carbocycles. The van der Waals surface area contributed by atoms with Gasteiger partial charge in [-0.05, 0) is 26.8 Å². The molecule has 0 radical (unpaired) electrons. The van der Waals surface area contributed by atoms with E-state index in [-0.39, 0.29) is 18.1 Å². The molecular weight excluding hydrogens is 441 g/mol. The predicted molar refractivity (Wildman–Crippen MR) is 105 cm³/mol. The fraction of sp³-hybridized carbons (Fsp3) is 0.778. The van der Waals surface area contributed by atoms with E-state index in [1.54, 1.807) is 30.1 Å². The number of sulfonamides is 1. The SMILES string of the molecule is CCN1C[C@@H]2[C@@H](OC)CCN(S(=O)(=O)c3c(C)nn(C)c3C)[C@@H]2C1.O=C(O)C(F)(F)F. The second kappa shape index (κ2) is 9.43. The largest absolute Gasteiger partial charge is 0.490 e. The molecule has 3 rings (SSSR count). The van der Waals surface area contributed by atoms with E-state index in [1.165, 1.54) is 0 Å². The van der Waals surface area contributed by atoms with Gasteiger partial charge in [-0.15, -0.1) is 0 Å². The Bertz CT molecular complexity index is 903.